The first kappa shape index (κ1) is 13.7. The highest BCUT2D eigenvalue weighted by molar-refractivity contribution is 6.31. The maximum absolute atomic E-state index is 13.2. The zero-order valence-electron chi connectivity index (χ0n) is 10.7. The van der Waals surface area contributed by atoms with Crippen LogP contribution in [0, 0.1) is 12.7 Å². The van der Waals surface area contributed by atoms with Crippen molar-refractivity contribution in [1.29, 1.82) is 0 Å². The summed E-state index contributed by atoms with van der Waals surface area (Å²) in [6, 6.07) is 9.29. The van der Waals surface area contributed by atoms with Crippen molar-refractivity contribution in [1.82, 2.24) is 0 Å². The molecule has 2 N–H and O–H groups in total. The molecule has 0 saturated carbocycles. The third-order valence-electron chi connectivity index (χ3n) is 3.01. The topological polar surface area (TPSA) is 32.3 Å². The first-order valence-corrected chi connectivity index (χ1v) is 6.36. The van der Waals surface area contributed by atoms with Crippen LogP contribution in [0.1, 0.15) is 24.1 Å². The number of halogens is 2. The van der Waals surface area contributed by atoms with Gasteiger partial charge in [0.25, 0.3) is 0 Å². The first-order chi connectivity index (χ1) is 8.97. The Morgan fingerprint density at radius 2 is 1.95 bits per heavy atom. The van der Waals surface area contributed by atoms with Gasteiger partial charge in [-0.15, -0.1) is 0 Å². The Morgan fingerprint density at radius 1 is 1.21 bits per heavy atom. The van der Waals surface area contributed by atoms with Crippen molar-refractivity contribution in [3.8, 4) is 5.75 Å². The van der Waals surface area contributed by atoms with Crippen molar-refractivity contribution in [3.05, 3.63) is 58.4 Å². The van der Waals surface area contributed by atoms with E-state index in [-0.39, 0.29) is 17.6 Å². The average Bonchev–Trinajstić information content (AvgIpc) is 2.36. The minimum atomic E-state index is -0.372. The van der Waals surface area contributed by atoms with Crippen molar-refractivity contribution >= 4 is 17.3 Å². The SMILES string of the molecule is Cc1ccc(NC(C)c2cc(F)ccc2O)cc1Cl. The molecule has 2 rings (SSSR count). The van der Waals surface area contributed by atoms with Gasteiger partial charge in [-0.05, 0) is 49.7 Å². The number of phenols is 1. The van der Waals surface area contributed by atoms with Crippen LogP contribution >= 0.6 is 11.6 Å². The fourth-order valence-corrected chi connectivity index (χ4v) is 2.06. The molecule has 100 valence electrons. The summed E-state index contributed by atoms with van der Waals surface area (Å²) in [5.41, 5.74) is 2.33. The molecular weight excluding hydrogens is 265 g/mol. The maximum atomic E-state index is 13.2. The highest BCUT2D eigenvalue weighted by Crippen LogP contribution is 2.29. The van der Waals surface area contributed by atoms with Crippen LogP contribution in [0.2, 0.25) is 5.02 Å². The Balaban J connectivity index is 2.22. The summed E-state index contributed by atoms with van der Waals surface area (Å²) >= 11 is 6.05. The summed E-state index contributed by atoms with van der Waals surface area (Å²) < 4.78 is 13.2. The molecule has 4 heteroatoms. The molecule has 0 heterocycles. The van der Waals surface area contributed by atoms with Gasteiger partial charge in [-0.3, -0.25) is 0 Å². The first-order valence-electron chi connectivity index (χ1n) is 5.98. The van der Waals surface area contributed by atoms with Crippen LogP contribution in [0.5, 0.6) is 5.75 Å². The fourth-order valence-electron chi connectivity index (χ4n) is 1.88. The van der Waals surface area contributed by atoms with E-state index in [1.165, 1.54) is 18.2 Å². The molecule has 0 saturated heterocycles. The summed E-state index contributed by atoms with van der Waals surface area (Å²) in [5, 5.41) is 13.6. The van der Waals surface area contributed by atoms with Gasteiger partial charge < -0.3 is 10.4 Å². The smallest absolute Gasteiger partial charge is 0.123 e. The van der Waals surface area contributed by atoms with Crippen LogP contribution in [0.25, 0.3) is 0 Å². The largest absolute Gasteiger partial charge is 0.508 e. The summed E-state index contributed by atoms with van der Waals surface area (Å²) in [6.45, 7) is 3.77. The third-order valence-corrected chi connectivity index (χ3v) is 3.42. The summed E-state index contributed by atoms with van der Waals surface area (Å²) in [4.78, 5) is 0. The lowest BCUT2D eigenvalue weighted by Gasteiger charge is -2.17. The molecule has 0 bridgehead atoms. The number of rotatable bonds is 3. The minimum Gasteiger partial charge on any atom is -0.508 e. The number of phenolic OH excluding ortho intramolecular Hbond substituents is 1. The standard InChI is InChI=1S/C15H15ClFNO/c1-9-3-5-12(8-14(9)16)18-10(2)13-7-11(17)4-6-15(13)19/h3-8,10,18-19H,1-2H3. The molecule has 0 aromatic heterocycles. The van der Waals surface area contributed by atoms with Crippen molar-refractivity contribution < 1.29 is 9.50 Å². The van der Waals surface area contributed by atoms with E-state index < -0.39 is 0 Å². The number of hydrogen-bond acceptors (Lipinski definition) is 2. The quantitative estimate of drug-likeness (QED) is 0.856. The van der Waals surface area contributed by atoms with Crippen molar-refractivity contribution in [2.75, 3.05) is 5.32 Å². The van der Waals surface area contributed by atoms with E-state index >= 15 is 0 Å². The van der Waals surface area contributed by atoms with Gasteiger partial charge in [-0.1, -0.05) is 17.7 Å². The molecule has 2 aromatic carbocycles. The summed E-state index contributed by atoms with van der Waals surface area (Å²) in [6.07, 6.45) is 0. The van der Waals surface area contributed by atoms with E-state index in [0.717, 1.165) is 11.3 Å². The fraction of sp³-hybridized carbons (Fsp3) is 0.200. The van der Waals surface area contributed by atoms with Gasteiger partial charge in [-0.25, -0.2) is 4.39 Å². The van der Waals surface area contributed by atoms with Gasteiger partial charge in [0.05, 0.1) is 6.04 Å². The van der Waals surface area contributed by atoms with E-state index in [0.29, 0.717) is 10.6 Å². The molecule has 0 spiro atoms. The Morgan fingerprint density at radius 3 is 2.63 bits per heavy atom. The molecule has 0 fully saturated rings. The predicted molar refractivity (Wildman–Crippen MR) is 76.3 cm³/mol. The number of anilines is 1. The molecule has 19 heavy (non-hydrogen) atoms. The lowest BCUT2D eigenvalue weighted by Crippen LogP contribution is -2.07. The minimum absolute atomic E-state index is 0.0691. The van der Waals surface area contributed by atoms with Crippen LogP contribution in [-0.4, -0.2) is 5.11 Å². The molecule has 1 unspecified atom stereocenters. The molecule has 0 aliphatic rings. The highest BCUT2D eigenvalue weighted by Gasteiger charge is 2.11. The number of hydrogen-bond donors (Lipinski definition) is 2. The van der Waals surface area contributed by atoms with Gasteiger partial charge in [0, 0.05) is 16.3 Å². The predicted octanol–water partition coefficient (Wildman–Crippen LogP) is 4.67. The van der Waals surface area contributed by atoms with Crippen molar-refractivity contribution in [2.45, 2.75) is 19.9 Å². The Labute approximate surface area is 116 Å². The van der Waals surface area contributed by atoms with Crippen LogP contribution in [0.4, 0.5) is 10.1 Å². The second kappa shape index (κ2) is 5.49. The second-order valence-corrected chi connectivity index (χ2v) is 4.94. The number of aromatic hydroxyl groups is 1. The van der Waals surface area contributed by atoms with Gasteiger partial charge in [0.1, 0.15) is 11.6 Å². The number of benzene rings is 2. The maximum Gasteiger partial charge on any atom is 0.123 e. The Bertz CT molecular complexity index is 601. The van der Waals surface area contributed by atoms with Crippen molar-refractivity contribution in [3.63, 3.8) is 0 Å². The van der Waals surface area contributed by atoms with E-state index in [1.807, 2.05) is 32.0 Å². The van der Waals surface area contributed by atoms with Crippen LogP contribution in [-0.2, 0) is 0 Å². The van der Waals surface area contributed by atoms with Crippen LogP contribution in [0.15, 0.2) is 36.4 Å². The van der Waals surface area contributed by atoms with Gasteiger partial charge in [0.2, 0.25) is 0 Å². The molecule has 2 aromatic rings. The van der Waals surface area contributed by atoms with Crippen LogP contribution in [0.3, 0.4) is 0 Å². The van der Waals surface area contributed by atoms with Crippen molar-refractivity contribution in [2.24, 2.45) is 0 Å². The molecule has 1 atom stereocenters. The Kier molecular flexibility index (Phi) is 3.96. The monoisotopic (exact) mass is 279 g/mol. The molecule has 0 aliphatic carbocycles. The normalized spacial score (nSPS) is 12.2. The van der Waals surface area contributed by atoms with E-state index in [4.69, 9.17) is 11.6 Å². The lowest BCUT2D eigenvalue weighted by molar-refractivity contribution is 0.462. The number of nitrogens with one attached hydrogen (secondary N) is 1. The molecular formula is C15H15ClFNO. The summed E-state index contributed by atoms with van der Waals surface area (Å²) in [5.74, 6) is -0.303. The van der Waals surface area contributed by atoms with Gasteiger partial charge in [0.15, 0.2) is 0 Å². The van der Waals surface area contributed by atoms with E-state index in [9.17, 15) is 9.50 Å². The number of aryl methyl sites for hydroxylation is 1. The molecule has 0 aliphatic heterocycles. The zero-order chi connectivity index (χ0) is 14.0. The lowest BCUT2D eigenvalue weighted by atomic mass is 10.1. The summed E-state index contributed by atoms with van der Waals surface area (Å²) in [7, 11) is 0. The molecule has 0 radical (unpaired) electrons. The van der Waals surface area contributed by atoms with Gasteiger partial charge >= 0.3 is 0 Å². The molecule has 2 nitrogen and oxygen atoms in total. The Hall–Kier alpha value is -1.74. The second-order valence-electron chi connectivity index (χ2n) is 4.53. The highest BCUT2D eigenvalue weighted by atomic mass is 35.5. The zero-order valence-corrected chi connectivity index (χ0v) is 11.5. The average molecular weight is 280 g/mol. The van der Waals surface area contributed by atoms with Crippen LogP contribution < -0.4 is 5.32 Å². The molecule has 0 amide bonds. The van der Waals surface area contributed by atoms with E-state index in [2.05, 4.69) is 5.32 Å². The third kappa shape index (κ3) is 3.18. The van der Waals surface area contributed by atoms with Gasteiger partial charge in [-0.2, -0.15) is 0 Å². The van der Waals surface area contributed by atoms with E-state index in [1.54, 1.807) is 0 Å².